The van der Waals surface area contributed by atoms with E-state index in [2.05, 4.69) is 5.32 Å². The number of nitrogens with two attached hydrogens (primary N) is 1. The van der Waals surface area contributed by atoms with Crippen molar-refractivity contribution in [2.75, 3.05) is 11.1 Å². The van der Waals surface area contributed by atoms with Crippen molar-refractivity contribution < 1.29 is 18.0 Å². The van der Waals surface area contributed by atoms with Crippen LogP contribution in [0.4, 0.5) is 24.5 Å². The van der Waals surface area contributed by atoms with Gasteiger partial charge in [0, 0.05) is 11.4 Å². The zero-order chi connectivity index (χ0) is 15.6. The number of nitrogen functional groups attached to an aromatic ring is 1. The summed E-state index contributed by atoms with van der Waals surface area (Å²) in [7, 11) is 0. The third kappa shape index (κ3) is 3.46. The van der Waals surface area contributed by atoms with Gasteiger partial charge in [0.2, 0.25) is 0 Å². The van der Waals surface area contributed by atoms with E-state index in [0.717, 1.165) is 12.1 Å². The first kappa shape index (κ1) is 15.2. The number of hydrogen-bond donors (Lipinski definition) is 2. The lowest BCUT2D eigenvalue weighted by molar-refractivity contribution is -0.136. The molecular weight excluding hydrogens is 305 g/mol. The number of halogens is 4. The van der Waals surface area contributed by atoms with Crippen LogP contribution in [0.15, 0.2) is 42.5 Å². The molecule has 0 radical (unpaired) electrons. The molecule has 0 saturated heterocycles. The van der Waals surface area contributed by atoms with Gasteiger partial charge in [0.05, 0.1) is 16.1 Å². The van der Waals surface area contributed by atoms with E-state index in [1.54, 1.807) is 12.1 Å². The molecule has 0 atom stereocenters. The minimum atomic E-state index is -4.59. The number of alkyl halides is 3. The van der Waals surface area contributed by atoms with Crippen molar-refractivity contribution in [3.05, 3.63) is 58.6 Å². The second-order valence-corrected chi connectivity index (χ2v) is 4.64. The van der Waals surface area contributed by atoms with Gasteiger partial charge in [-0.05, 0) is 30.3 Å². The number of amides is 1. The highest BCUT2D eigenvalue weighted by Gasteiger charge is 2.33. The van der Waals surface area contributed by atoms with Crippen LogP contribution >= 0.6 is 11.6 Å². The van der Waals surface area contributed by atoms with Crippen LogP contribution in [0.3, 0.4) is 0 Å². The smallest absolute Gasteiger partial charge is 0.398 e. The minimum absolute atomic E-state index is 0.0126. The van der Waals surface area contributed by atoms with Gasteiger partial charge in [-0.2, -0.15) is 13.2 Å². The van der Waals surface area contributed by atoms with Gasteiger partial charge < -0.3 is 11.1 Å². The molecule has 7 heteroatoms. The minimum Gasteiger partial charge on any atom is -0.398 e. The highest BCUT2D eigenvalue weighted by molar-refractivity contribution is 6.34. The topological polar surface area (TPSA) is 55.1 Å². The summed E-state index contributed by atoms with van der Waals surface area (Å²) in [5.74, 6) is -0.599. The van der Waals surface area contributed by atoms with Crippen LogP contribution in [0.2, 0.25) is 5.02 Å². The Labute approximate surface area is 123 Å². The van der Waals surface area contributed by atoms with E-state index in [1.807, 2.05) is 0 Å². The lowest BCUT2D eigenvalue weighted by atomic mass is 10.1. The zero-order valence-corrected chi connectivity index (χ0v) is 11.3. The Morgan fingerprint density at radius 1 is 1.14 bits per heavy atom. The Hall–Kier alpha value is -2.21. The van der Waals surface area contributed by atoms with Crippen LogP contribution in [0.5, 0.6) is 0 Å². The monoisotopic (exact) mass is 314 g/mol. The lowest BCUT2D eigenvalue weighted by Gasteiger charge is -2.12. The van der Waals surface area contributed by atoms with Crippen LogP contribution < -0.4 is 11.1 Å². The summed E-state index contributed by atoms with van der Waals surface area (Å²) in [5, 5.41) is 2.57. The highest BCUT2D eigenvalue weighted by atomic mass is 35.5. The van der Waals surface area contributed by atoms with Crippen molar-refractivity contribution in [3.63, 3.8) is 0 Å². The van der Waals surface area contributed by atoms with Crippen molar-refractivity contribution >= 4 is 28.9 Å². The molecule has 0 unspecified atom stereocenters. The SMILES string of the molecule is Nc1ccc(NC(=O)c2ccccc2Cl)cc1C(F)(F)F. The highest BCUT2D eigenvalue weighted by Crippen LogP contribution is 2.35. The maximum Gasteiger partial charge on any atom is 0.418 e. The molecule has 0 fully saturated rings. The summed E-state index contributed by atoms with van der Waals surface area (Å²) in [6.45, 7) is 0. The van der Waals surface area contributed by atoms with E-state index in [-0.39, 0.29) is 16.3 Å². The van der Waals surface area contributed by atoms with Crippen LogP contribution in [-0.2, 0) is 6.18 Å². The number of carbonyl (C=O) groups is 1. The molecule has 0 aromatic heterocycles. The van der Waals surface area contributed by atoms with Crippen molar-refractivity contribution in [1.29, 1.82) is 0 Å². The molecule has 0 aliphatic carbocycles. The third-order valence-electron chi connectivity index (χ3n) is 2.74. The average molecular weight is 315 g/mol. The fraction of sp³-hybridized carbons (Fsp3) is 0.0714. The Balaban J connectivity index is 2.29. The van der Waals surface area contributed by atoms with Gasteiger partial charge in [-0.1, -0.05) is 23.7 Å². The molecule has 2 aromatic carbocycles. The van der Waals surface area contributed by atoms with E-state index in [9.17, 15) is 18.0 Å². The van der Waals surface area contributed by atoms with Crippen molar-refractivity contribution in [3.8, 4) is 0 Å². The summed E-state index contributed by atoms with van der Waals surface area (Å²) in [4.78, 5) is 12.0. The lowest BCUT2D eigenvalue weighted by Crippen LogP contribution is -2.14. The maximum absolute atomic E-state index is 12.7. The third-order valence-corrected chi connectivity index (χ3v) is 3.06. The van der Waals surface area contributed by atoms with Crippen LogP contribution in [0.25, 0.3) is 0 Å². The molecule has 0 saturated carbocycles. The van der Waals surface area contributed by atoms with E-state index in [1.165, 1.54) is 18.2 Å². The van der Waals surface area contributed by atoms with E-state index in [4.69, 9.17) is 17.3 Å². The van der Waals surface area contributed by atoms with Gasteiger partial charge in [0.15, 0.2) is 0 Å². The summed E-state index contributed by atoms with van der Waals surface area (Å²) in [5.41, 5.74) is 4.04. The molecule has 21 heavy (non-hydrogen) atoms. The van der Waals surface area contributed by atoms with Crippen molar-refractivity contribution in [2.45, 2.75) is 6.18 Å². The largest absolute Gasteiger partial charge is 0.418 e. The number of benzene rings is 2. The van der Waals surface area contributed by atoms with Gasteiger partial charge in [-0.3, -0.25) is 4.79 Å². The van der Waals surface area contributed by atoms with E-state index in [0.29, 0.717) is 0 Å². The second-order valence-electron chi connectivity index (χ2n) is 4.23. The van der Waals surface area contributed by atoms with Gasteiger partial charge in [0.1, 0.15) is 0 Å². The molecule has 0 aliphatic rings. The van der Waals surface area contributed by atoms with Crippen molar-refractivity contribution in [1.82, 2.24) is 0 Å². The zero-order valence-electron chi connectivity index (χ0n) is 10.5. The Kier molecular flexibility index (Phi) is 4.09. The van der Waals surface area contributed by atoms with Gasteiger partial charge in [-0.25, -0.2) is 0 Å². The Morgan fingerprint density at radius 2 is 1.81 bits per heavy atom. The van der Waals surface area contributed by atoms with E-state index >= 15 is 0 Å². The van der Waals surface area contributed by atoms with Crippen LogP contribution in [0, 0.1) is 0 Å². The van der Waals surface area contributed by atoms with Gasteiger partial charge in [0.25, 0.3) is 5.91 Å². The van der Waals surface area contributed by atoms with Crippen molar-refractivity contribution in [2.24, 2.45) is 0 Å². The molecule has 3 nitrogen and oxygen atoms in total. The molecular formula is C14H10ClF3N2O. The quantitative estimate of drug-likeness (QED) is 0.816. The first-order chi connectivity index (χ1) is 9.79. The molecule has 1 amide bonds. The summed E-state index contributed by atoms with van der Waals surface area (Å²) >= 11 is 5.85. The van der Waals surface area contributed by atoms with Crippen LogP contribution in [-0.4, -0.2) is 5.91 Å². The molecule has 110 valence electrons. The summed E-state index contributed by atoms with van der Waals surface area (Å²) in [6, 6.07) is 9.39. The maximum atomic E-state index is 12.7. The Morgan fingerprint density at radius 3 is 2.43 bits per heavy atom. The average Bonchev–Trinajstić information content (AvgIpc) is 2.40. The first-order valence-corrected chi connectivity index (χ1v) is 6.19. The van der Waals surface area contributed by atoms with Gasteiger partial charge in [-0.15, -0.1) is 0 Å². The number of nitrogens with one attached hydrogen (secondary N) is 1. The fourth-order valence-electron chi connectivity index (χ4n) is 1.72. The molecule has 0 aliphatic heterocycles. The fourth-order valence-corrected chi connectivity index (χ4v) is 1.94. The standard InChI is InChI=1S/C14H10ClF3N2O/c15-11-4-2-1-3-9(11)13(21)20-8-5-6-12(19)10(7-8)14(16,17)18/h1-7H,19H2,(H,20,21). The predicted octanol–water partition coefficient (Wildman–Crippen LogP) is 4.19. The van der Waals surface area contributed by atoms with Crippen LogP contribution in [0.1, 0.15) is 15.9 Å². The molecule has 0 spiro atoms. The predicted molar refractivity (Wildman–Crippen MR) is 75.3 cm³/mol. The second kappa shape index (κ2) is 5.65. The van der Waals surface area contributed by atoms with E-state index < -0.39 is 23.3 Å². The first-order valence-electron chi connectivity index (χ1n) is 5.81. The molecule has 2 rings (SSSR count). The Bertz CT molecular complexity index is 686. The number of hydrogen-bond acceptors (Lipinski definition) is 2. The molecule has 0 bridgehead atoms. The number of carbonyl (C=O) groups excluding carboxylic acids is 1. The molecule has 0 heterocycles. The number of rotatable bonds is 2. The number of anilines is 2. The summed E-state index contributed by atoms with van der Waals surface area (Å²) < 4.78 is 38.2. The molecule has 2 aromatic rings. The van der Waals surface area contributed by atoms with Gasteiger partial charge >= 0.3 is 6.18 Å². The summed E-state index contributed by atoms with van der Waals surface area (Å²) in [6.07, 6.45) is -4.59. The normalized spacial score (nSPS) is 11.2. The molecule has 3 N–H and O–H groups in total.